The van der Waals surface area contributed by atoms with Gasteiger partial charge in [-0.25, -0.2) is 4.68 Å². The van der Waals surface area contributed by atoms with Crippen LogP contribution in [-0.2, 0) is 9.53 Å². The molecular weight excluding hydrogens is 294 g/mol. The monoisotopic (exact) mass is 315 g/mol. The SMILES string of the molecule is C[C@H](Oc1ccn(-c2ccccc2)n1)C(=O)NC[C@H]1CCCO1. The fraction of sp³-hybridized carbons (Fsp3) is 0.412. The van der Waals surface area contributed by atoms with E-state index in [1.54, 1.807) is 17.7 Å². The van der Waals surface area contributed by atoms with Crippen LogP contribution in [0.25, 0.3) is 5.69 Å². The number of hydrogen-bond donors (Lipinski definition) is 1. The van der Waals surface area contributed by atoms with E-state index in [9.17, 15) is 4.79 Å². The van der Waals surface area contributed by atoms with Crippen LogP contribution in [0.15, 0.2) is 42.6 Å². The van der Waals surface area contributed by atoms with Crippen LogP contribution in [0.2, 0.25) is 0 Å². The molecule has 6 heteroatoms. The summed E-state index contributed by atoms with van der Waals surface area (Å²) in [6, 6.07) is 11.5. The van der Waals surface area contributed by atoms with Crippen LogP contribution in [0.5, 0.6) is 5.88 Å². The van der Waals surface area contributed by atoms with Gasteiger partial charge in [0.05, 0.1) is 11.8 Å². The topological polar surface area (TPSA) is 65.4 Å². The second-order valence-electron chi connectivity index (χ2n) is 5.57. The predicted molar refractivity (Wildman–Crippen MR) is 85.6 cm³/mol. The molecule has 0 aliphatic carbocycles. The van der Waals surface area contributed by atoms with Crippen LogP contribution in [0, 0.1) is 0 Å². The Morgan fingerprint density at radius 3 is 3.00 bits per heavy atom. The lowest BCUT2D eigenvalue weighted by molar-refractivity contribution is -0.127. The Morgan fingerprint density at radius 2 is 2.26 bits per heavy atom. The standard InChI is InChI=1S/C17H21N3O3/c1-13(17(21)18-12-15-8-5-11-22-15)23-16-9-10-20(19-16)14-6-3-2-4-7-14/h2-4,6-7,9-10,13,15H,5,8,11-12H2,1H3,(H,18,21)/t13-,15+/m0/s1. The van der Waals surface area contributed by atoms with Crippen molar-refractivity contribution >= 4 is 5.91 Å². The highest BCUT2D eigenvalue weighted by atomic mass is 16.5. The van der Waals surface area contributed by atoms with E-state index in [1.165, 1.54) is 0 Å². The van der Waals surface area contributed by atoms with Crippen LogP contribution >= 0.6 is 0 Å². The normalized spacial score (nSPS) is 18.6. The molecule has 2 heterocycles. The second-order valence-corrected chi connectivity index (χ2v) is 5.57. The smallest absolute Gasteiger partial charge is 0.260 e. The molecule has 0 bridgehead atoms. The third-order valence-corrected chi connectivity index (χ3v) is 3.78. The molecule has 0 radical (unpaired) electrons. The summed E-state index contributed by atoms with van der Waals surface area (Å²) in [4.78, 5) is 12.1. The molecule has 0 saturated carbocycles. The number of para-hydroxylation sites is 1. The molecule has 122 valence electrons. The Balaban J connectivity index is 1.52. The first-order chi connectivity index (χ1) is 11.2. The van der Waals surface area contributed by atoms with E-state index < -0.39 is 6.10 Å². The summed E-state index contributed by atoms with van der Waals surface area (Å²) in [5.74, 6) is 0.267. The summed E-state index contributed by atoms with van der Waals surface area (Å²) in [6.07, 6.45) is 3.39. The number of nitrogens with one attached hydrogen (secondary N) is 1. The highest BCUT2D eigenvalue weighted by molar-refractivity contribution is 5.80. The molecular formula is C17H21N3O3. The maximum absolute atomic E-state index is 12.1. The Bertz CT molecular complexity index is 636. The summed E-state index contributed by atoms with van der Waals surface area (Å²) < 4.78 is 12.8. The first-order valence-electron chi connectivity index (χ1n) is 7.89. The van der Waals surface area contributed by atoms with E-state index in [0.29, 0.717) is 12.4 Å². The Kier molecular flexibility index (Phi) is 4.92. The minimum absolute atomic E-state index is 0.128. The van der Waals surface area contributed by atoms with E-state index in [2.05, 4.69) is 10.4 Å². The molecule has 3 rings (SSSR count). The van der Waals surface area contributed by atoms with Gasteiger partial charge in [-0.15, -0.1) is 5.10 Å². The zero-order valence-corrected chi connectivity index (χ0v) is 13.1. The van der Waals surface area contributed by atoms with Crippen molar-refractivity contribution in [2.24, 2.45) is 0 Å². The fourth-order valence-electron chi connectivity index (χ4n) is 2.49. The number of amides is 1. The van der Waals surface area contributed by atoms with Crippen molar-refractivity contribution in [2.45, 2.75) is 32.0 Å². The van der Waals surface area contributed by atoms with Crippen molar-refractivity contribution < 1.29 is 14.3 Å². The Hall–Kier alpha value is -2.34. The lowest BCUT2D eigenvalue weighted by Crippen LogP contribution is -2.40. The number of ether oxygens (including phenoxy) is 2. The number of benzene rings is 1. The molecule has 1 aliphatic rings. The Morgan fingerprint density at radius 1 is 1.43 bits per heavy atom. The fourth-order valence-corrected chi connectivity index (χ4v) is 2.49. The average molecular weight is 315 g/mol. The quantitative estimate of drug-likeness (QED) is 0.885. The predicted octanol–water partition coefficient (Wildman–Crippen LogP) is 1.93. The van der Waals surface area contributed by atoms with Gasteiger partial charge in [0.15, 0.2) is 6.10 Å². The molecule has 0 unspecified atom stereocenters. The number of rotatable bonds is 6. The molecule has 6 nitrogen and oxygen atoms in total. The van der Waals surface area contributed by atoms with Crippen molar-refractivity contribution in [1.29, 1.82) is 0 Å². The molecule has 1 amide bonds. The number of aromatic nitrogens is 2. The maximum atomic E-state index is 12.1. The van der Waals surface area contributed by atoms with E-state index >= 15 is 0 Å². The minimum Gasteiger partial charge on any atom is -0.463 e. The van der Waals surface area contributed by atoms with Gasteiger partial charge in [-0.3, -0.25) is 4.79 Å². The van der Waals surface area contributed by atoms with Crippen LogP contribution in [0.1, 0.15) is 19.8 Å². The summed E-state index contributed by atoms with van der Waals surface area (Å²) >= 11 is 0. The van der Waals surface area contributed by atoms with Crippen molar-refractivity contribution in [1.82, 2.24) is 15.1 Å². The summed E-state index contributed by atoms with van der Waals surface area (Å²) in [6.45, 7) is 3.03. The molecule has 1 saturated heterocycles. The van der Waals surface area contributed by atoms with Gasteiger partial charge in [0.25, 0.3) is 5.91 Å². The summed E-state index contributed by atoms with van der Waals surface area (Å²) in [5, 5.41) is 7.19. The Labute approximate surface area is 135 Å². The molecule has 2 aromatic rings. The van der Waals surface area contributed by atoms with E-state index in [4.69, 9.17) is 9.47 Å². The summed E-state index contributed by atoms with van der Waals surface area (Å²) in [5.41, 5.74) is 0.942. The van der Waals surface area contributed by atoms with Crippen molar-refractivity contribution in [3.8, 4) is 11.6 Å². The van der Waals surface area contributed by atoms with Crippen LogP contribution in [-0.4, -0.2) is 41.0 Å². The van der Waals surface area contributed by atoms with Gasteiger partial charge in [-0.1, -0.05) is 18.2 Å². The lowest BCUT2D eigenvalue weighted by atomic mass is 10.2. The van der Waals surface area contributed by atoms with E-state index in [-0.39, 0.29) is 12.0 Å². The number of carbonyl (C=O) groups is 1. The van der Waals surface area contributed by atoms with Gasteiger partial charge in [-0.2, -0.15) is 0 Å². The first kappa shape index (κ1) is 15.6. The summed E-state index contributed by atoms with van der Waals surface area (Å²) in [7, 11) is 0. The van der Waals surface area contributed by atoms with Crippen LogP contribution in [0.3, 0.4) is 0 Å². The number of carbonyl (C=O) groups excluding carboxylic acids is 1. The minimum atomic E-state index is -0.601. The first-order valence-corrected chi connectivity index (χ1v) is 7.89. The third kappa shape index (κ3) is 4.10. The van der Waals surface area contributed by atoms with Gasteiger partial charge in [0, 0.05) is 25.4 Å². The zero-order valence-electron chi connectivity index (χ0n) is 13.1. The lowest BCUT2D eigenvalue weighted by Gasteiger charge is -2.15. The van der Waals surface area contributed by atoms with Gasteiger partial charge in [0.1, 0.15) is 0 Å². The molecule has 1 aromatic carbocycles. The van der Waals surface area contributed by atoms with E-state index in [1.807, 2.05) is 36.5 Å². The molecule has 1 aromatic heterocycles. The molecule has 23 heavy (non-hydrogen) atoms. The van der Waals surface area contributed by atoms with Crippen molar-refractivity contribution in [2.75, 3.05) is 13.2 Å². The van der Waals surface area contributed by atoms with E-state index in [0.717, 1.165) is 25.1 Å². The molecule has 1 aliphatic heterocycles. The van der Waals surface area contributed by atoms with Crippen LogP contribution < -0.4 is 10.1 Å². The highest BCUT2D eigenvalue weighted by Crippen LogP contribution is 2.13. The van der Waals surface area contributed by atoms with Gasteiger partial charge in [0.2, 0.25) is 5.88 Å². The average Bonchev–Trinajstić information content (AvgIpc) is 3.25. The van der Waals surface area contributed by atoms with Crippen molar-refractivity contribution in [3.63, 3.8) is 0 Å². The zero-order chi connectivity index (χ0) is 16.1. The largest absolute Gasteiger partial charge is 0.463 e. The van der Waals surface area contributed by atoms with Gasteiger partial charge >= 0.3 is 0 Å². The second kappa shape index (κ2) is 7.28. The van der Waals surface area contributed by atoms with Gasteiger partial charge in [-0.05, 0) is 31.9 Å². The van der Waals surface area contributed by atoms with Crippen molar-refractivity contribution in [3.05, 3.63) is 42.6 Å². The number of hydrogen-bond acceptors (Lipinski definition) is 4. The molecule has 1 fully saturated rings. The molecule has 1 N–H and O–H groups in total. The number of nitrogens with zero attached hydrogens (tertiary/aromatic N) is 2. The maximum Gasteiger partial charge on any atom is 0.260 e. The third-order valence-electron chi connectivity index (χ3n) is 3.78. The molecule has 0 spiro atoms. The highest BCUT2D eigenvalue weighted by Gasteiger charge is 2.20. The van der Waals surface area contributed by atoms with Crippen LogP contribution in [0.4, 0.5) is 0 Å². The molecule has 2 atom stereocenters. The van der Waals surface area contributed by atoms with Gasteiger partial charge < -0.3 is 14.8 Å².